The Labute approximate surface area is 84.8 Å². The van der Waals surface area contributed by atoms with Crippen LogP contribution < -0.4 is 0 Å². The number of benzene rings is 1. The summed E-state index contributed by atoms with van der Waals surface area (Å²) in [5.74, 6) is -0.365. The molecule has 0 aliphatic rings. The van der Waals surface area contributed by atoms with Gasteiger partial charge >= 0.3 is 0 Å². The molecule has 74 valence electrons. The zero-order valence-electron chi connectivity index (χ0n) is 7.95. The fourth-order valence-electron chi connectivity index (χ4n) is 1.06. The van der Waals surface area contributed by atoms with Gasteiger partial charge in [0.05, 0.1) is 6.07 Å². The van der Waals surface area contributed by atoms with Gasteiger partial charge in [-0.15, -0.1) is 0 Å². The maximum Gasteiger partial charge on any atom is 0.154 e. The fourth-order valence-corrected chi connectivity index (χ4v) is 1.66. The van der Waals surface area contributed by atoms with Gasteiger partial charge in [0.1, 0.15) is 5.82 Å². The number of nitrogens with zero attached hydrogens (tertiary/aromatic N) is 1. The van der Waals surface area contributed by atoms with E-state index < -0.39 is 15.5 Å². The van der Waals surface area contributed by atoms with Gasteiger partial charge in [-0.3, -0.25) is 4.21 Å². The first kappa shape index (κ1) is 10.9. The molecule has 1 rings (SSSR count). The van der Waals surface area contributed by atoms with E-state index >= 15 is 0 Å². The van der Waals surface area contributed by atoms with Gasteiger partial charge < -0.3 is 0 Å². The summed E-state index contributed by atoms with van der Waals surface area (Å²) >= 11 is 0. The second-order valence-corrected chi connectivity index (χ2v) is 4.83. The van der Waals surface area contributed by atoms with Gasteiger partial charge in [0.2, 0.25) is 0 Å². The maximum absolute atomic E-state index is 12.6. The van der Waals surface area contributed by atoms with Gasteiger partial charge in [0, 0.05) is 17.1 Å². The highest BCUT2D eigenvalue weighted by Gasteiger charge is 2.30. The molecule has 0 aliphatic carbocycles. The van der Waals surface area contributed by atoms with Crippen LogP contribution in [0.15, 0.2) is 24.3 Å². The van der Waals surface area contributed by atoms with Crippen LogP contribution >= 0.6 is 0 Å². The third kappa shape index (κ3) is 1.83. The quantitative estimate of drug-likeness (QED) is 0.750. The summed E-state index contributed by atoms with van der Waals surface area (Å²) in [7, 11) is -1.31. The highest BCUT2D eigenvalue weighted by atomic mass is 32.2. The predicted octanol–water partition coefficient (Wildman–Crippen LogP) is 1.94. The summed E-state index contributed by atoms with van der Waals surface area (Å²) in [6, 6.07) is 7.49. The van der Waals surface area contributed by atoms with Crippen molar-refractivity contribution in [1.29, 1.82) is 5.26 Å². The van der Waals surface area contributed by atoms with E-state index in [1.807, 2.05) is 6.07 Å². The molecular weight excluding hydrogens is 201 g/mol. The zero-order chi connectivity index (χ0) is 10.8. The summed E-state index contributed by atoms with van der Waals surface area (Å²) in [6.45, 7) is 1.58. The molecule has 0 bridgehead atoms. The second-order valence-electron chi connectivity index (χ2n) is 3.11. The summed E-state index contributed by atoms with van der Waals surface area (Å²) in [4.78, 5) is 0. The number of halogens is 1. The highest BCUT2D eigenvalue weighted by Crippen LogP contribution is 2.26. The third-order valence-electron chi connectivity index (χ3n) is 2.18. The standard InChI is InChI=1S/C10H10FNOS/c1-10(7-12,14(2)13)8-3-5-9(11)6-4-8/h3-6H,1-2H3. The third-order valence-corrected chi connectivity index (χ3v) is 3.66. The first-order valence-electron chi connectivity index (χ1n) is 4.01. The van der Waals surface area contributed by atoms with Crippen LogP contribution in [0.1, 0.15) is 12.5 Å². The molecule has 1 aromatic carbocycles. The average Bonchev–Trinajstić information content (AvgIpc) is 2.17. The molecule has 4 heteroatoms. The van der Waals surface area contributed by atoms with Gasteiger partial charge in [-0.2, -0.15) is 5.26 Å². The van der Waals surface area contributed by atoms with E-state index in [4.69, 9.17) is 5.26 Å². The number of rotatable bonds is 2. The number of hydrogen-bond acceptors (Lipinski definition) is 2. The van der Waals surface area contributed by atoms with Crippen molar-refractivity contribution in [1.82, 2.24) is 0 Å². The molecule has 2 unspecified atom stereocenters. The Morgan fingerprint density at radius 1 is 1.43 bits per heavy atom. The molecule has 0 fully saturated rings. The molecular formula is C10H10FNOS. The SMILES string of the molecule is CS(=O)C(C)(C#N)c1ccc(F)cc1. The second kappa shape index (κ2) is 3.89. The molecule has 0 aromatic heterocycles. The molecule has 0 radical (unpaired) electrons. The lowest BCUT2D eigenvalue weighted by molar-refractivity contribution is 0.625. The van der Waals surface area contributed by atoms with E-state index in [9.17, 15) is 8.60 Å². The van der Waals surface area contributed by atoms with Crippen LogP contribution in [0, 0.1) is 17.1 Å². The summed E-state index contributed by atoms with van der Waals surface area (Å²) < 4.78 is 22.9. The molecule has 0 N–H and O–H groups in total. The Hall–Kier alpha value is -1.21. The predicted molar refractivity (Wildman–Crippen MR) is 53.4 cm³/mol. The van der Waals surface area contributed by atoms with Gasteiger partial charge in [0.25, 0.3) is 0 Å². The minimum atomic E-state index is -1.31. The minimum absolute atomic E-state index is 0.365. The highest BCUT2D eigenvalue weighted by molar-refractivity contribution is 7.85. The summed E-state index contributed by atoms with van der Waals surface area (Å²) in [5, 5.41) is 8.94. The van der Waals surface area contributed by atoms with E-state index in [2.05, 4.69) is 0 Å². The first-order chi connectivity index (χ1) is 6.50. The van der Waals surface area contributed by atoms with E-state index in [1.54, 1.807) is 6.92 Å². The molecule has 2 nitrogen and oxygen atoms in total. The van der Waals surface area contributed by atoms with Crippen molar-refractivity contribution in [3.63, 3.8) is 0 Å². The Morgan fingerprint density at radius 2 is 1.93 bits per heavy atom. The Kier molecular flexibility index (Phi) is 3.02. The van der Waals surface area contributed by atoms with Crippen molar-refractivity contribution in [3.05, 3.63) is 35.6 Å². The molecule has 0 saturated heterocycles. The van der Waals surface area contributed by atoms with Crippen molar-refractivity contribution in [2.75, 3.05) is 6.26 Å². The Bertz CT molecular complexity index is 396. The molecule has 0 heterocycles. The van der Waals surface area contributed by atoms with Crippen LogP contribution in [0.2, 0.25) is 0 Å². The lowest BCUT2D eigenvalue weighted by Crippen LogP contribution is -2.24. The van der Waals surface area contributed by atoms with Crippen LogP contribution in [-0.2, 0) is 15.5 Å². The molecule has 14 heavy (non-hydrogen) atoms. The van der Waals surface area contributed by atoms with Crippen molar-refractivity contribution >= 4 is 10.8 Å². The minimum Gasteiger partial charge on any atom is -0.258 e. The zero-order valence-corrected chi connectivity index (χ0v) is 8.77. The Balaban J connectivity index is 3.22. The molecule has 0 amide bonds. The lowest BCUT2D eigenvalue weighted by atomic mass is 10.0. The first-order valence-corrected chi connectivity index (χ1v) is 5.57. The monoisotopic (exact) mass is 211 g/mol. The van der Waals surface area contributed by atoms with Crippen molar-refractivity contribution in [2.45, 2.75) is 11.7 Å². The molecule has 1 aromatic rings. The van der Waals surface area contributed by atoms with Crippen LogP contribution in [0.25, 0.3) is 0 Å². The van der Waals surface area contributed by atoms with Crippen LogP contribution in [0.3, 0.4) is 0 Å². The summed E-state index contributed by atoms with van der Waals surface area (Å²) in [5.41, 5.74) is 0.572. The number of nitriles is 1. The van der Waals surface area contributed by atoms with Crippen LogP contribution in [0.5, 0.6) is 0 Å². The van der Waals surface area contributed by atoms with Crippen molar-refractivity contribution < 1.29 is 8.60 Å². The molecule has 0 aliphatic heterocycles. The molecule has 0 spiro atoms. The van der Waals surface area contributed by atoms with E-state index in [1.165, 1.54) is 30.5 Å². The normalized spacial score (nSPS) is 16.7. The van der Waals surface area contributed by atoms with Gasteiger partial charge in [0.15, 0.2) is 4.75 Å². The fraction of sp³-hybridized carbons (Fsp3) is 0.300. The molecule has 0 saturated carbocycles. The van der Waals surface area contributed by atoms with Gasteiger partial charge in [-0.1, -0.05) is 12.1 Å². The van der Waals surface area contributed by atoms with Gasteiger partial charge in [-0.05, 0) is 24.6 Å². The topological polar surface area (TPSA) is 40.9 Å². The van der Waals surface area contributed by atoms with Crippen molar-refractivity contribution in [2.24, 2.45) is 0 Å². The Morgan fingerprint density at radius 3 is 2.29 bits per heavy atom. The van der Waals surface area contributed by atoms with E-state index in [0.717, 1.165) is 0 Å². The van der Waals surface area contributed by atoms with E-state index in [-0.39, 0.29) is 5.82 Å². The number of hydrogen-bond donors (Lipinski definition) is 0. The summed E-state index contributed by atoms with van der Waals surface area (Å²) in [6.07, 6.45) is 1.46. The smallest absolute Gasteiger partial charge is 0.154 e. The lowest BCUT2D eigenvalue weighted by Gasteiger charge is -2.18. The largest absolute Gasteiger partial charge is 0.258 e. The van der Waals surface area contributed by atoms with Crippen molar-refractivity contribution in [3.8, 4) is 6.07 Å². The van der Waals surface area contributed by atoms with E-state index in [0.29, 0.717) is 5.56 Å². The molecule has 2 atom stereocenters. The van der Waals surface area contributed by atoms with Crippen LogP contribution in [0.4, 0.5) is 4.39 Å². The van der Waals surface area contributed by atoms with Crippen LogP contribution in [-0.4, -0.2) is 10.5 Å². The average molecular weight is 211 g/mol. The maximum atomic E-state index is 12.6. The van der Waals surface area contributed by atoms with Gasteiger partial charge in [-0.25, -0.2) is 4.39 Å².